The Hall–Kier alpha value is -0.610. The molecule has 0 aromatic carbocycles. The standard InChI is InChI=1S/C14H26N2O2/c1-11(2)16-7-6-13(14(16)17)15(3)9-12-5-4-8-18-10-12/h11-13H,4-10H2,1-3H3/t12-,13-/m0/s1. The number of hydrogen-bond acceptors (Lipinski definition) is 3. The van der Waals surface area contributed by atoms with Crippen LogP contribution in [0.2, 0.25) is 0 Å². The van der Waals surface area contributed by atoms with Gasteiger partial charge < -0.3 is 9.64 Å². The second-order valence-electron chi connectivity index (χ2n) is 5.95. The Morgan fingerprint density at radius 3 is 2.78 bits per heavy atom. The molecule has 0 aromatic heterocycles. The van der Waals surface area contributed by atoms with E-state index in [1.54, 1.807) is 0 Å². The Bertz CT molecular complexity index is 288. The molecule has 0 saturated carbocycles. The lowest BCUT2D eigenvalue weighted by atomic mass is 10.0. The number of ether oxygens (including phenoxy) is 1. The SMILES string of the molecule is CC(C)N1CC[C@H](N(C)C[C@@H]2CCCOC2)C1=O. The average molecular weight is 254 g/mol. The summed E-state index contributed by atoms with van der Waals surface area (Å²) in [5, 5.41) is 0. The fourth-order valence-corrected chi connectivity index (χ4v) is 3.09. The smallest absolute Gasteiger partial charge is 0.240 e. The second-order valence-corrected chi connectivity index (χ2v) is 5.95. The van der Waals surface area contributed by atoms with Crippen molar-refractivity contribution in [1.29, 1.82) is 0 Å². The van der Waals surface area contributed by atoms with Gasteiger partial charge in [-0.15, -0.1) is 0 Å². The van der Waals surface area contributed by atoms with Gasteiger partial charge in [-0.3, -0.25) is 9.69 Å². The zero-order valence-corrected chi connectivity index (χ0v) is 11.9. The summed E-state index contributed by atoms with van der Waals surface area (Å²) in [5.41, 5.74) is 0. The van der Waals surface area contributed by atoms with Gasteiger partial charge in [0.15, 0.2) is 0 Å². The van der Waals surface area contributed by atoms with Crippen molar-refractivity contribution >= 4 is 5.91 Å². The van der Waals surface area contributed by atoms with Gasteiger partial charge in [-0.25, -0.2) is 0 Å². The van der Waals surface area contributed by atoms with E-state index < -0.39 is 0 Å². The van der Waals surface area contributed by atoms with E-state index in [0.29, 0.717) is 17.9 Å². The molecule has 2 aliphatic heterocycles. The van der Waals surface area contributed by atoms with Gasteiger partial charge in [0.1, 0.15) is 0 Å². The number of likely N-dealkylation sites (tertiary alicyclic amines) is 1. The van der Waals surface area contributed by atoms with Crippen LogP contribution in [0.3, 0.4) is 0 Å². The molecule has 2 heterocycles. The fraction of sp³-hybridized carbons (Fsp3) is 0.929. The van der Waals surface area contributed by atoms with E-state index in [4.69, 9.17) is 4.74 Å². The zero-order valence-electron chi connectivity index (χ0n) is 11.9. The van der Waals surface area contributed by atoms with Crippen molar-refractivity contribution in [2.24, 2.45) is 5.92 Å². The van der Waals surface area contributed by atoms with Crippen LogP contribution in [0.5, 0.6) is 0 Å². The van der Waals surface area contributed by atoms with Crippen LogP contribution in [0.1, 0.15) is 33.1 Å². The van der Waals surface area contributed by atoms with Gasteiger partial charge >= 0.3 is 0 Å². The number of rotatable bonds is 4. The fourth-order valence-electron chi connectivity index (χ4n) is 3.09. The minimum Gasteiger partial charge on any atom is -0.381 e. The van der Waals surface area contributed by atoms with Crippen molar-refractivity contribution in [3.8, 4) is 0 Å². The predicted molar refractivity (Wildman–Crippen MR) is 71.4 cm³/mol. The lowest BCUT2D eigenvalue weighted by Gasteiger charge is -2.30. The molecule has 0 aliphatic carbocycles. The first kappa shape index (κ1) is 13.8. The van der Waals surface area contributed by atoms with Crippen LogP contribution in [0.4, 0.5) is 0 Å². The van der Waals surface area contributed by atoms with E-state index in [1.807, 2.05) is 4.90 Å². The highest BCUT2D eigenvalue weighted by Crippen LogP contribution is 2.21. The number of hydrogen-bond donors (Lipinski definition) is 0. The Labute approximate surface area is 110 Å². The highest BCUT2D eigenvalue weighted by molar-refractivity contribution is 5.84. The first-order valence-electron chi connectivity index (χ1n) is 7.18. The Morgan fingerprint density at radius 2 is 2.22 bits per heavy atom. The number of carbonyl (C=O) groups is 1. The molecule has 0 aromatic rings. The van der Waals surface area contributed by atoms with E-state index in [2.05, 4.69) is 25.8 Å². The van der Waals surface area contributed by atoms with Gasteiger partial charge in [-0.05, 0) is 46.1 Å². The molecule has 0 bridgehead atoms. The molecule has 4 nitrogen and oxygen atoms in total. The maximum absolute atomic E-state index is 12.3. The summed E-state index contributed by atoms with van der Waals surface area (Å²) in [6.07, 6.45) is 3.37. The van der Waals surface area contributed by atoms with E-state index in [0.717, 1.165) is 39.1 Å². The molecule has 0 spiro atoms. The minimum atomic E-state index is 0.0920. The van der Waals surface area contributed by atoms with Crippen LogP contribution < -0.4 is 0 Å². The number of likely N-dealkylation sites (N-methyl/N-ethyl adjacent to an activating group) is 1. The maximum Gasteiger partial charge on any atom is 0.240 e. The van der Waals surface area contributed by atoms with E-state index >= 15 is 0 Å². The lowest BCUT2D eigenvalue weighted by molar-refractivity contribution is -0.133. The lowest BCUT2D eigenvalue weighted by Crippen LogP contribution is -2.44. The Morgan fingerprint density at radius 1 is 1.44 bits per heavy atom. The van der Waals surface area contributed by atoms with Crippen LogP contribution in [0.25, 0.3) is 0 Å². The van der Waals surface area contributed by atoms with E-state index in [-0.39, 0.29) is 6.04 Å². The van der Waals surface area contributed by atoms with Gasteiger partial charge in [-0.1, -0.05) is 0 Å². The topological polar surface area (TPSA) is 32.8 Å². The largest absolute Gasteiger partial charge is 0.381 e. The highest BCUT2D eigenvalue weighted by atomic mass is 16.5. The van der Waals surface area contributed by atoms with Crippen molar-refractivity contribution in [2.75, 3.05) is 33.4 Å². The molecule has 2 rings (SSSR count). The molecule has 2 atom stereocenters. The first-order valence-corrected chi connectivity index (χ1v) is 7.18. The molecule has 0 unspecified atom stereocenters. The van der Waals surface area contributed by atoms with Gasteiger partial charge in [0.05, 0.1) is 12.6 Å². The molecular weight excluding hydrogens is 228 g/mol. The molecule has 0 N–H and O–H groups in total. The van der Waals surface area contributed by atoms with Crippen LogP contribution in [0, 0.1) is 5.92 Å². The predicted octanol–water partition coefficient (Wildman–Crippen LogP) is 1.35. The molecule has 2 aliphatic rings. The highest BCUT2D eigenvalue weighted by Gasteiger charge is 2.36. The summed E-state index contributed by atoms with van der Waals surface area (Å²) in [4.78, 5) is 16.5. The van der Waals surface area contributed by atoms with Gasteiger partial charge in [0.2, 0.25) is 5.91 Å². The molecule has 104 valence electrons. The van der Waals surface area contributed by atoms with E-state index in [9.17, 15) is 4.79 Å². The normalized spacial score (nSPS) is 29.6. The minimum absolute atomic E-state index is 0.0920. The third-order valence-electron chi connectivity index (χ3n) is 4.17. The zero-order chi connectivity index (χ0) is 13.1. The van der Waals surface area contributed by atoms with Crippen molar-refractivity contribution in [1.82, 2.24) is 9.80 Å². The van der Waals surface area contributed by atoms with Gasteiger partial charge in [0.25, 0.3) is 0 Å². The molecule has 1 amide bonds. The van der Waals surface area contributed by atoms with Crippen molar-refractivity contribution in [2.45, 2.75) is 45.2 Å². The monoisotopic (exact) mass is 254 g/mol. The van der Waals surface area contributed by atoms with Crippen LogP contribution in [-0.2, 0) is 9.53 Å². The number of nitrogens with zero attached hydrogens (tertiary/aromatic N) is 2. The summed E-state index contributed by atoms with van der Waals surface area (Å²) >= 11 is 0. The van der Waals surface area contributed by atoms with Crippen molar-refractivity contribution in [3.63, 3.8) is 0 Å². The van der Waals surface area contributed by atoms with Crippen LogP contribution in [0.15, 0.2) is 0 Å². The quantitative estimate of drug-likeness (QED) is 0.759. The van der Waals surface area contributed by atoms with E-state index in [1.165, 1.54) is 6.42 Å². The summed E-state index contributed by atoms with van der Waals surface area (Å²) in [6, 6.07) is 0.420. The third kappa shape index (κ3) is 3.04. The summed E-state index contributed by atoms with van der Waals surface area (Å²) in [5.74, 6) is 0.911. The molecule has 18 heavy (non-hydrogen) atoms. The number of amides is 1. The Kier molecular flexibility index (Phi) is 4.62. The van der Waals surface area contributed by atoms with Crippen molar-refractivity contribution < 1.29 is 9.53 Å². The summed E-state index contributed by atoms with van der Waals surface area (Å²) in [6.45, 7) is 7.85. The summed E-state index contributed by atoms with van der Waals surface area (Å²) < 4.78 is 5.51. The molecule has 2 fully saturated rings. The first-order chi connectivity index (χ1) is 8.59. The Balaban J connectivity index is 1.85. The average Bonchev–Trinajstić information content (AvgIpc) is 2.72. The van der Waals surface area contributed by atoms with Gasteiger partial charge in [0, 0.05) is 25.7 Å². The maximum atomic E-state index is 12.3. The number of carbonyl (C=O) groups excluding carboxylic acids is 1. The molecule has 0 radical (unpaired) electrons. The molecular formula is C14H26N2O2. The van der Waals surface area contributed by atoms with Gasteiger partial charge in [-0.2, -0.15) is 0 Å². The third-order valence-corrected chi connectivity index (χ3v) is 4.17. The summed E-state index contributed by atoms with van der Waals surface area (Å²) in [7, 11) is 2.08. The second kappa shape index (κ2) is 6.02. The molecule has 4 heteroatoms. The van der Waals surface area contributed by atoms with Crippen LogP contribution >= 0.6 is 0 Å². The molecule has 2 saturated heterocycles. The van der Waals surface area contributed by atoms with Crippen LogP contribution in [-0.4, -0.2) is 61.1 Å². The van der Waals surface area contributed by atoms with Crippen molar-refractivity contribution in [3.05, 3.63) is 0 Å².